The van der Waals surface area contributed by atoms with Crippen molar-refractivity contribution < 1.29 is 9.53 Å². The molecule has 1 aliphatic heterocycles. The van der Waals surface area contributed by atoms with Crippen LogP contribution in [0.15, 0.2) is 16.6 Å². The highest BCUT2D eigenvalue weighted by atomic mass is 79.9. The standard InChI is InChI=1S/C10H5BrClNO2/c11-5-1-8-7(9(12)2-5)3-6(4-13)15-10(8)14/h1-2,6H,3H2. The Hall–Kier alpha value is -1.05. The second kappa shape index (κ2) is 3.84. The minimum atomic E-state index is -0.733. The minimum Gasteiger partial charge on any atom is -0.443 e. The molecule has 1 heterocycles. The van der Waals surface area contributed by atoms with Crippen molar-refractivity contribution >= 4 is 33.5 Å². The van der Waals surface area contributed by atoms with Gasteiger partial charge in [0.2, 0.25) is 0 Å². The first-order chi connectivity index (χ1) is 7.11. The molecule has 76 valence electrons. The van der Waals surface area contributed by atoms with Gasteiger partial charge in [0.25, 0.3) is 0 Å². The molecule has 0 radical (unpaired) electrons. The van der Waals surface area contributed by atoms with Crippen LogP contribution in [-0.2, 0) is 11.2 Å². The molecule has 3 nitrogen and oxygen atoms in total. The van der Waals surface area contributed by atoms with Gasteiger partial charge < -0.3 is 4.74 Å². The van der Waals surface area contributed by atoms with E-state index in [2.05, 4.69) is 15.9 Å². The monoisotopic (exact) mass is 285 g/mol. The Kier molecular flexibility index (Phi) is 2.68. The molecular weight excluding hydrogens is 281 g/mol. The van der Waals surface area contributed by atoms with Crippen molar-refractivity contribution in [2.24, 2.45) is 0 Å². The van der Waals surface area contributed by atoms with E-state index in [0.29, 0.717) is 22.6 Å². The first-order valence-corrected chi connectivity index (χ1v) is 5.37. The first kappa shape index (κ1) is 10.5. The fourth-order valence-electron chi connectivity index (χ4n) is 1.48. The predicted octanol–water partition coefficient (Wildman–Crippen LogP) is 2.71. The number of esters is 1. The quantitative estimate of drug-likeness (QED) is 0.689. The molecule has 0 fully saturated rings. The maximum atomic E-state index is 11.5. The maximum Gasteiger partial charge on any atom is 0.339 e. The number of nitrogens with zero attached hydrogens (tertiary/aromatic N) is 1. The van der Waals surface area contributed by atoms with Crippen LogP contribution >= 0.6 is 27.5 Å². The normalized spacial score (nSPS) is 19.0. The van der Waals surface area contributed by atoms with Gasteiger partial charge in [-0.05, 0) is 17.7 Å². The number of rotatable bonds is 0. The van der Waals surface area contributed by atoms with Crippen molar-refractivity contribution in [1.82, 2.24) is 0 Å². The van der Waals surface area contributed by atoms with Crippen molar-refractivity contribution in [2.75, 3.05) is 0 Å². The third kappa shape index (κ3) is 1.85. The fraction of sp³-hybridized carbons (Fsp3) is 0.200. The predicted molar refractivity (Wildman–Crippen MR) is 57.7 cm³/mol. The van der Waals surface area contributed by atoms with Crippen LogP contribution in [0, 0.1) is 11.3 Å². The number of carbonyl (C=O) groups is 1. The summed E-state index contributed by atoms with van der Waals surface area (Å²) in [5, 5.41) is 9.18. The zero-order valence-electron chi connectivity index (χ0n) is 7.46. The second-order valence-corrected chi connectivity index (χ2v) is 4.46. The highest BCUT2D eigenvalue weighted by molar-refractivity contribution is 9.10. The highest BCUT2D eigenvalue weighted by Gasteiger charge is 2.28. The molecular formula is C10H5BrClNO2. The van der Waals surface area contributed by atoms with Gasteiger partial charge in [-0.2, -0.15) is 5.26 Å². The molecule has 0 aliphatic carbocycles. The first-order valence-electron chi connectivity index (χ1n) is 4.20. The zero-order valence-corrected chi connectivity index (χ0v) is 9.80. The topological polar surface area (TPSA) is 50.1 Å². The third-order valence-electron chi connectivity index (χ3n) is 2.16. The number of hydrogen-bond donors (Lipinski definition) is 0. The van der Waals surface area contributed by atoms with Crippen LogP contribution in [-0.4, -0.2) is 12.1 Å². The molecule has 0 saturated heterocycles. The van der Waals surface area contributed by atoms with E-state index in [9.17, 15) is 4.79 Å². The molecule has 0 aromatic heterocycles. The van der Waals surface area contributed by atoms with Crippen molar-refractivity contribution in [3.63, 3.8) is 0 Å². The molecule has 0 spiro atoms. The summed E-state index contributed by atoms with van der Waals surface area (Å²) in [6, 6.07) is 5.26. The van der Waals surface area contributed by atoms with E-state index < -0.39 is 12.1 Å². The lowest BCUT2D eigenvalue weighted by atomic mass is 9.99. The zero-order chi connectivity index (χ0) is 11.0. The van der Waals surface area contributed by atoms with Crippen LogP contribution in [0.4, 0.5) is 0 Å². The lowest BCUT2D eigenvalue weighted by molar-refractivity contribution is 0.0371. The smallest absolute Gasteiger partial charge is 0.339 e. The van der Waals surface area contributed by atoms with E-state index in [1.165, 1.54) is 0 Å². The lowest BCUT2D eigenvalue weighted by Gasteiger charge is -2.20. The number of halogens is 2. The molecule has 0 saturated carbocycles. The van der Waals surface area contributed by atoms with Crippen LogP contribution in [0.2, 0.25) is 5.02 Å². The minimum absolute atomic E-state index is 0.351. The largest absolute Gasteiger partial charge is 0.443 e. The van der Waals surface area contributed by atoms with Crippen LogP contribution < -0.4 is 0 Å². The Morgan fingerprint density at radius 3 is 3.00 bits per heavy atom. The van der Waals surface area contributed by atoms with Gasteiger partial charge >= 0.3 is 5.97 Å². The Balaban J connectivity index is 2.56. The van der Waals surface area contributed by atoms with Gasteiger partial charge in [-0.1, -0.05) is 27.5 Å². The molecule has 0 bridgehead atoms. The average molecular weight is 287 g/mol. The summed E-state index contributed by atoms with van der Waals surface area (Å²) >= 11 is 9.23. The molecule has 0 amide bonds. The number of carbonyl (C=O) groups excluding carboxylic acids is 1. The van der Waals surface area contributed by atoms with Gasteiger partial charge in [0.05, 0.1) is 5.56 Å². The molecule has 1 aliphatic rings. The molecule has 1 unspecified atom stereocenters. The van der Waals surface area contributed by atoms with Crippen molar-refractivity contribution in [3.05, 3.63) is 32.8 Å². The summed E-state index contributed by atoms with van der Waals surface area (Å²) in [6.07, 6.45) is -0.382. The summed E-state index contributed by atoms with van der Waals surface area (Å²) < 4.78 is 5.61. The number of nitriles is 1. The summed E-state index contributed by atoms with van der Waals surface area (Å²) in [6.45, 7) is 0. The Labute approximate surface area is 99.7 Å². The van der Waals surface area contributed by atoms with Gasteiger partial charge in [-0.15, -0.1) is 0 Å². The molecule has 1 aromatic rings. The average Bonchev–Trinajstić information content (AvgIpc) is 2.19. The number of fused-ring (bicyclic) bond motifs is 1. The number of hydrogen-bond acceptors (Lipinski definition) is 3. The maximum absolute atomic E-state index is 11.5. The number of benzene rings is 1. The van der Waals surface area contributed by atoms with Crippen molar-refractivity contribution in [1.29, 1.82) is 5.26 Å². The van der Waals surface area contributed by atoms with Gasteiger partial charge in [-0.3, -0.25) is 0 Å². The SMILES string of the molecule is N#CC1Cc2c(Cl)cc(Br)cc2C(=O)O1. The molecule has 1 atom stereocenters. The highest BCUT2D eigenvalue weighted by Crippen LogP contribution is 2.30. The summed E-state index contributed by atoms with van der Waals surface area (Å²) in [7, 11) is 0. The van der Waals surface area contributed by atoms with Crippen LogP contribution in [0.25, 0.3) is 0 Å². The molecule has 15 heavy (non-hydrogen) atoms. The van der Waals surface area contributed by atoms with Gasteiger partial charge in [0.15, 0.2) is 6.10 Å². The number of cyclic esters (lactones) is 1. The van der Waals surface area contributed by atoms with Crippen LogP contribution in [0.3, 0.4) is 0 Å². The van der Waals surface area contributed by atoms with Gasteiger partial charge in [-0.25, -0.2) is 4.79 Å². The molecule has 2 rings (SSSR count). The lowest BCUT2D eigenvalue weighted by Crippen LogP contribution is -2.26. The summed E-state index contributed by atoms with van der Waals surface area (Å²) in [4.78, 5) is 11.5. The van der Waals surface area contributed by atoms with Gasteiger partial charge in [0, 0.05) is 15.9 Å². The number of ether oxygens (including phenoxy) is 1. The Morgan fingerprint density at radius 2 is 2.33 bits per heavy atom. The Bertz CT molecular complexity index is 481. The van der Waals surface area contributed by atoms with E-state index >= 15 is 0 Å². The second-order valence-electron chi connectivity index (χ2n) is 3.14. The summed E-state index contributed by atoms with van der Waals surface area (Å²) in [5.41, 5.74) is 1.11. The van der Waals surface area contributed by atoms with Gasteiger partial charge in [0.1, 0.15) is 6.07 Å². The molecule has 1 aromatic carbocycles. The fourth-order valence-corrected chi connectivity index (χ4v) is 2.37. The van der Waals surface area contributed by atoms with E-state index in [-0.39, 0.29) is 0 Å². The van der Waals surface area contributed by atoms with E-state index in [0.717, 1.165) is 4.47 Å². The third-order valence-corrected chi connectivity index (χ3v) is 2.96. The van der Waals surface area contributed by atoms with Crippen LogP contribution in [0.1, 0.15) is 15.9 Å². The summed E-state index contributed by atoms with van der Waals surface area (Å²) in [5.74, 6) is -0.494. The molecule has 5 heteroatoms. The van der Waals surface area contributed by atoms with Crippen molar-refractivity contribution in [2.45, 2.75) is 12.5 Å². The van der Waals surface area contributed by atoms with E-state index in [4.69, 9.17) is 21.6 Å². The van der Waals surface area contributed by atoms with E-state index in [1.54, 1.807) is 12.1 Å². The van der Waals surface area contributed by atoms with Crippen molar-refractivity contribution in [3.8, 4) is 6.07 Å². The molecule has 0 N–H and O–H groups in total. The Morgan fingerprint density at radius 1 is 1.60 bits per heavy atom. The van der Waals surface area contributed by atoms with Crippen LogP contribution in [0.5, 0.6) is 0 Å². The van der Waals surface area contributed by atoms with E-state index in [1.807, 2.05) is 6.07 Å².